The van der Waals surface area contributed by atoms with E-state index in [1.807, 2.05) is 13.0 Å². The van der Waals surface area contributed by atoms with Gasteiger partial charge >= 0.3 is 5.97 Å². The van der Waals surface area contributed by atoms with Gasteiger partial charge in [-0.15, -0.1) is 0 Å². The average Bonchev–Trinajstić information content (AvgIpc) is 2.47. The van der Waals surface area contributed by atoms with E-state index in [1.54, 1.807) is 30.3 Å². The highest BCUT2D eigenvalue weighted by atomic mass is 16.5. The van der Waals surface area contributed by atoms with E-state index < -0.39 is 18.5 Å². The van der Waals surface area contributed by atoms with E-state index >= 15 is 0 Å². The van der Waals surface area contributed by atoms with Gasteiger partial charge in [0.15, 0.2) is 6.61 Å². The molecule has 21 heavy (non-hydrogen) atoms. The van der Waals surface area contributed by atoms with Crippen LogP contribution in [0.5, 0.6) is 5.75 Å². The molecule has 6 heteroatoms. The number of hydrogen-bond acceptors (Lipinski definition) is 4. The largest absolute Gasteiger partial charge is 0.482 e. The zero-order valence-corrected chi connectivity index (χ0v) is 11.2. The highest BCUT2D eigenvalue weighted by molar-refractivity contribution is 6.15. The van der Waals surface area contributed by atoms with Gasteiger partial charge in [-0.25, -0.2) is 9.79 Å². The number of carboxylic acid groups (broad SMARTS) is 1. The number of carboxylic acids is 1. The highest BCUT2D eigenvalue weighted by Gasteiger charge is 2.22. The van der Waals surface area contributed by atoms with Crippen LogP contribution in [0.2, 0.25) is 0 Å². The smallest absolute Gasteiger partial charge is 0.341 e. The number of amides is 1. The van der Waals surface area contributed by atoms with Crippen LogP contribution in [0.4, 0.5) is 0 Å². The van der Waals surface area contributed by atoms with Gasteiger partial charge in [0.05, 0.1) is 5.71 Å². The normalized spacial score (nSPS) is 17.5. The highest BCUT2D eigenvalue weighted by Crippen LogP contribution is 2.21. The molecule has 6 nitrogen and oxygen atoms in total. The minimum Gasteiger partial charge on any atom is -0.482 e. The molecule has 0 spiro atoms. The Morgan fingerprint density at radius 1 is 1.43 bits per heavy atom. The number of allylic oxidation sites excluding steroid dienone is 1. The van der Waals surface area contributed by atoms with Crippen LogP contribution in [0.3, 0.4) is 0 Å². The molecule has 1 heterocycles. The second-order valence-corrected chi connectivity index (χ2v) is 4.49. The number of rotatable bonds is 4. The van der Waals surface area contributed by atoms with Crippen molar-refractivity contribution in [1.82, 2.24) is 0 Å². The van der Waals surface area contributed by atoms with Gasteiger partial charge in [-0.1, -0.05) is 13.0 Å². The number of hydrogen-bond donors (Lipinski definition) is 1. The molecule has 0 aliphatic carbocycles. The van der Waals surface area contributed by atoms with Gasteiger partial charge in [0.25, 0.3) is 5.91 Å². The third-order valence-corrected chi connectivity index (χ3v) is 2.93. The van der Waals surface area contributed by atoms with Gasteiger partial charge in [0, 0.05) is 5.92 Å². The van der Waals surface area contributed by atoms with Crippen LogP contribution >= 0.6 is 0 Å². The number of carbonyl (C=O) groups excluding carboxylic acids is 1. The predicted octanol–water partition coefficient (Wildman–Crippen LogP) is 1.57. The Labute approximate surface area is 121 Å². The third kappa shape index (κ3) is 3.34. The molecule has 1 unspecified atom stereocenters. The molecule has 1 aliphatic rings. The molecule has 0 aromatic heterocycles. The average molecular weight is 284 g/mol. The minimum absolute atomic E-state index is 0.0488. The lowest BCUT2D eigenvalue weighted by molar-refractivity contribution is -0.139. The molecule has 1 aliphatic heterocycles. The Hall–Kier alpha value is -2.94. The van der Waals surface area contributed by atoms with Crippen LogP contribution < -0.4 is 4.74 Å². The predicted molar refractivity (Wildman–Crippen MR) is 74.0 cm³/mol. The molecule has 0 fully saturated rings. The van der Waals surface area contributed by atoms with E-state index in [2.05, 4.69) is 4.99 Å². The first-order chi connectivity index (χ1) is 10.0. The first-order valence-corrected chi connectivity index (χ1v) is 6.21. The maximum atomic E-state index is 11.6. The molecule has 0 saturated carbocycles. The number of carbonyl (C=O) groups is 2. The molecular weight excluding hydrogens is 272 g/mol. The van der Waals surface area contributed by atoms with Crippen molar-refractivity contribution in [3.8, 4) is 11.8 Å². The first-order valence-electron chi connectivity index (χ1n) is 6.21. The summed E-state index contributed by atoms with van der Waals surface area (Å²) in [7, 11) is 0. The van der Waals surface area contributed by atoms with Crippen LogP contribution in [-0.4, -0.2) is 29.3 Å². The Bertz CT molecular complexity index is 681. The summed E-state index contributed by atoms with van der Waals surface area (Å²) in [5.41, 5.74) is 1.35. The molecule has 106 valence electrons. The van der Waals surface area contributed by atoms with Crippen LogP contribution in [0.25, 0.3) is 0 Å². The molecule has 0 bridgehead atoms. The van der Waals surface area contributed by atoms with Crippen molar-refractivity contribution in [2.75, 3.05) is 6.61 Å². The first kappa shape index (κ1) is 14.5. The number of dihydropyridines is 1. The van der Waals surface area contributed by atoms with Gasteiger partial charge < -0.3 is 9.84 Å². The number of aliphatic carboxylic acids is 1. The van der Waals surface area contributed by atoms with Crippen LogP contribution in [-0.2, 0) is 9.59 Å². The van der Waals surface area contributed by atoms with E-state index in [0.29, 0.717) is 11.5 Å². The Balaban J connectivity index is 2.18. The molecule has 2 rings (SSSR count). The number of aliphatic imine (C=N–C) groups is 1. The Morgan fingerprint density at radius 2 is 2.10 bits per heavy atom. The molecule has 1 amide bonds. The molecule has 1 aromatic rings. The van der Waals surface area contributed by atoms with Crippen molar-refractivity contribution in [2.45, 2.75) is 6.92 Å². The summed E-state index contributed by atoms with van der Waals surface area (Å²) in [6.07, 6.45) is 1.58. The fourth-order valence-electron chi connectivity index (χ4n) is 1.95. The fourth-order valence-corrected chi connectivity index (χ4v) is 1.95. The summed E-state index contributed by atoms with van der Waals surface area (Å²) >= 11 is 0. The monoisotopic (exact) mass is 284 g/mol. The summed E-state index contributed by atoms with van der Waals surface area (Å²) in [5, 5.41) is 17.3. The number of benzene rings is 1. The van der Waals surface area contributed by atoms with Gasteiger partial charge in [0.2, 0.25) is 0 Å². The lowest BCUT2D eigenvalue weighted by atomic mass is 9.93. The summed E-state index contributed by atoms with van der Waals surface area (Å²) in [6, 6.07) is 8.45. The zero-order chi connectivity index (χ0) is 15.4. The number of nitriles is 1. The Morgan fingerprint density at radius 3 is 2.67 bits per heavy atom. The third-order valence-electron chi connectivity index (χ3n) is 2.93. The quantitative estimate of drug-likeness (QED) is 0.904. The van der Waals surface area contributed by atoms with Gasteiger partial charge in [-0.3, -0.25) is 4.79 Å². The lowest BCUT2D eigenvalue weighted by Crippen LogP contribution is -2.19. The SMILES string of the molecule is CC1C=C(C#N)C(=O)N=C1c1ccc(OCC(=O)O)cc1. The van der Waals surface area contributed by atoms with Crippen LogP contribution in [0, 0.1) is 17.2 Å². The summed E-state index contributed by atoms with van der Waals surface area (Å²) in [5.74, 6) is -1.33. The minimum atomic E-state index is -1.05. The summed E-state index contributed by atoms with van der Waals surface area (Å²) < 4.78 is 5.03. The molecule has 1 atom stereocenters. The molecule has 0 saturated heterocycles. The van der Waals surface area contributed by atoms with Crippen molar-refractivity contribution >= 4 is 17.6 Å². The second-order valence-electron chi connectivity index (χ2n) is 4.49. The van der Waals surface area contributed by atoms with E-state index in [1.165, 1.54) is 0 Å². The van der Waals surface area contributed by atoms with E-state index in [4.69, 9.17) is 15.1 Å². The van der Waals surface area contributed by atoms with E-state index in [-0.39, 0.29) is 11.5 Å². The van der Waals surface area contributed by atoms with Crippen molar-refractivity contribution in [2.24, 2.45) is 10.9 Å². The second kappa shape index (κ2) is 6.01. The zero-order valence-electron chi connectivity index (χ0n) is 11.2. The molecular formula is C15H12N2O4. The Kier molecular flexibility index (Phi) is 4.14. The van der Waals surface area contributed by atoms with Crippen molar-refractivity contribution in [3.05, 3.63) is 41.5 Å². The lowest BCUT2D eigenvalue weighted by Gasteiger charge is -2.15. The fraction of sp³-hybridized carbons (Fsp3) is 0.200. The van der Waals surface area contributed by atoms with Crippen LogP contribution in [0.1, 0.15) is 12.5 Å². The molecule has 1 N–H and O–H groups in total. The van der Waals surface area contributed by atoms with Crippen molar-refractivity contribution < 1.29 is 19.4 Å². The van der Waals surface area contributed by atoms with Gasteiger partial charge in [-0.2, -0.15) is 5.26 Å². The summed E-state index contributed by atoms with van der Waals surface area (Å²) in [4.78, 5) is 26.0. The standard InChI is InChI=1S/C15H12N2O4/c1-9-6-11(7-16)15(20)17-14(9)10-2-4-12(5-3-10)21-8-13(18)19/h2-6,9H,8H2,1H3,(H,18,19). The van der Waals surface area contributed by atoms with Crippen LogP contribution in [0.15, 0.2) is 40.9 Å². The number of ether oxygens (including phenoxy) is 1. The van der Waals surface area contributed by atoms with Gasteiger partial charge in [0.1, 0.15) is 17.4 Å². The van der Waals surface area contributed by atoms with Crippen molar-refractivity contribution in [1.29, 1.82) is 5.26 Å². The van der Waals surface area contributed by atoms with Crippen molar-refractivity contribution in [3.63, 3.8) is 0 Å². The van der Waals surface area contributed by atoms with E-state index in [9.17, 15) is 9.59 Å². The molecule has 0 radical (unpaired) electrons. The summed E-state index contributed by atoms with van der Waals surface area (Å²) in [6.45, 7) is 1.43. The topological polar surface area (TPSA) is 99.8 Å². The van der Waals surface area contributed by atoms with E-state index in [0.717, 1.165) is 5.56 Å². The van der Waals surface area contributed by atoms with Gasteiger partial charge in [-0.05, 0) is 29.8 Å². The maximum Gasteiger partial charge on any atom is 0.341 e. The molecule has 1 aromatic carbocycles. The number of nitrogens with zero attached hydrogens (tertiary/aromatic N) is 2. The maximum absolute atomic E-state index is 11.6.